The molecule has 0 atom stereocenters. The Labute approximate surface area is 165 Å². The van der Waals surface area contributed by atoms with Crippen LogP contribution in [-0.2, 0) is 11.8 Å². The van der Waals surface area contributed by atoms with E-state index in [1.165, 1.54) is 0 Å². The topological polar surface area (TPSA) is 56.1 Å². The minimum absolute atomic E-state index is 0.190. The molecule has 0 unspecified atom stereocenters. The summed E-state index contributed by atoms with van der Waals surface area (Å²) < 4.78 is 6.93. The highest BCUT2D eigenvalue weighted by atomic mass is 16.5. The summed E-state index contributed by atoms with van der Waals surface area (Å²) in [5.74, 6) is 6.05. The van der Waals surface area contributed by atoms with E-state index in [9.17, 15) is 4.79 Å². The van der Waals surface area contributed by atoms with Crippen molar-refractivity contribution in [3.8, 4) is 23.0 Å². The first-order chi connectivity index (χ1) is 13.4. The molecule has 1 heterocycles. The number of ether oxygens (including phenoxy) is 1. The standard InChI is InChI=1S/C23H23N3O2/c1-23(2,28-4)14-13-17-9-11-18(12-10-17)20-7-5-6-8-21(20)25-22(27)19-15-24-26(3)16-19/h5-12,15-16H,1-4H3,(H,25,27). The summed E-state index contributed by atoms with van der Waals surface area (Å²) in [4.78, 5) is 12.5. The van der Waals surface area contributed by atoms with Crippen LogP contribution in [0.2, 0.25) is 0 Å². The number of aryl methyl sites for hydroxylation is 1. The van der Waals surface area contributed by atoms with Gasteiger partial charge in [0, 0.05) is 37.2 Å². The van der Waals surface area contributed by atoms with Gasteiger partial charge in [0.05, 0.1) is 11.8 Å². The van der Waals surface area contributed by atoms with Gasteiger partial charge in [0.1, 0.15) is 5.60 Å². The number of benzene rings is 2. The fourth-order valence-electron chi connectivity index (χ4n) is 2.58. The van der Waals surface area contributed by atoms with Crippen molar-refractivity contribution in [1.82, 2.24) is 9.78 Å². The number of carbonyl (C=O) groups excluding carboxylic acids is 1. The lowest BCUT2D eigenvalue weighted by Crippen LogP contribution is -2.19. The van der Waals surface area contributed by atoms with E-state index in [0.717, 1.165) is 22.4 Å². The molecule has 0 aliphatic heterocycles. The summed E-state index contributed by atoms with van der Waals surface area (Å²) >= 11 is 0. The molecule has 3 aromatic rings. The van der Waals surface area contributed by atoms with Gasteiger partial charge in [-0.1, -0.05) is 42.2 Å². The Morgan fingerprint density at radius 2 is 1.86 bits per heavy atom. The molecular formula is C23H23N3O2. The predicted octanol–water partition coefficient (Wildman–Crippen LogP) is 4.12. The molecule has 5 nitrogen and oxygen atoms in total. The minimum atomic E-state index is -0.484. The molecule has 0 aliphatic carbocycles. The number of methoxy groups -OCH3 is 1. The Balaban J connectivity index is 1.83. The van der Waals surface area contributed by atoms with Crippen LogP contribution >= 0.6 is 0 Å². The van der Waals surface area contributed by atoms with E-state index in [4.69, 9.17) is 4.74 Å². The largest absolute Gasteiger partial charge is 0.366 e. The van der Waals surface area contributed by atoms with E-state index in [0.29, 0.717) is 5.56 Å². The maximum absolute atomic E-state index is 12.5. The molecule has 0 spiro atoms. The van der Waals surface area contributed by atoms with Gasteiger partial charge in [0.25, 0.3) is 5.91 Å². The highest BCUT2D eigenvalue weighted by Crippen LogP contribution is 2.28. The Bertz CT molecular complexity index is 1040. The summed E-state index contributed by atoms with van der Waals surface area (Å²) in [5.41, 5.74) is 3.63. The lowest BCUT2D eigenvalue weighted by atomic mass is 10.0. The summed E-state index contributed by atoms with van der Waals surface area (Å²) in [5, 5.41) is 7.01. The molecule has 1 aromatic heterocycles. The fourth-order valence-corrected chi connectivity index (χ4v) is 2.58. The summed E-state index contributed by atoms with van der Waals surface area (Å²) in [6.07, 6.45) is 3.24. The average molecular weight is 373 g/mol. The van der Waals surface area contributed by atoms with Crippen LogP contribution < -0.4 is 5.32 Å². The van der Waals surface area contributed by atoms with E-state index in [-0.39, 0.29) is 5.91 Å². The van der Waals surface area contributed by atoms with Gasteiger partial charge in [-0.25, -0.2) is 0 Å². The zero-order valence-electron chi connectivity index (χ0n) is 16.5. The normalized spacial score (nSPS) is 10.9. The van der Waals surface area contributed by atoms with Gasteiger partial charge in [-0.15, -0.1) is 0 Å². The van der Waals surface area contributed by atoms with Crippen molar-refractivity contribution in [2.45, 2.75) is 19.4 Å². The summed E-state index contributed by atoms with van der Waals surface area (Å²) in [6, 6.07) is 15.6. The van der Waals surface area contributed by atoms with Crippen molar-refractivity contribution >= 4 is 11.6 Å². The van der Waals surface area contributed by atoms with Crippen molar-refractivity contribution in [2.24, 2.45) is 7.05 Å². The Kier molecular flexibility index (Phi) is 5.62. The molecule has 0 fully saturated rings. The Morgan fingerprint density at radius 1 is 1.14 bits per heavy atom. The van der Waals surface area contributed by atoms with E-state index in [1.54, 1.807) is 31.2 Å². The number of aromatic nitrogens is 2. The van der Waals surface area contributed by atoms with E-state index >= 15 is 0 Å². The number of anilines is 1. The van der Waals surface area contributed by atoms with Crippen molar-refractivity contribution in [2.75, 3.05) is 12.4 Å². The molecule has 2 aromatic carbocycles. The third kappa shape index (κ3) is 4.67. The van der Waals surface area contributed by atoms with Crippen molar-refractivity contribution in [3.05, 3.63) is 72.1 Å². The Morgan fingerprint density at radius 3 is 2.50 bits per heavy atom. The number of nitrogens with zero attached hydrogens (tertiary/aromatic N) is 2. The SMILES string of the molecule is COC(C)(C)C#Cc1ccc(-c2ccccc2NC(=O)c2cnn(C)c2)cc1. The zero-order chi connectivity index (χ0) is 20.1. The third-order valence-electron chi connectivity index (χ3n) is 4.36. The van der Waals surface area contributed by atoms with Gasteiger partial charge in [0.15, 0.2) is 0 Å². The van der Waals surface area contributed by atoms with Gasteiger partial charge in [-0.3, -0.25) is 9.48 Å². The van der Waals surface area contributed by atoms with Crippen LogP contribution in [0, 0.1) is 11.8 Å². The maximum Gasteiger partial charge on any atom is 0.258 e. The van der Waals surface area contributed by atoms with Gasteiger partial charge >= 0.3 is 0 Å². The second kappa shape index (κ2) is 8.12. The van der Waals surface area contributed by atoms with Crippen LogP contribution in [0.25, 0.3) is 11.1 Å². The summed E-state index contributed by atoms with van der Waals surface area (Å²) in [6.45, 7) is 3.85. The van der Waals surface area contributed by atoms with E-state index in [1.807, 2.05) is 62.4 Å². The highest BCUT2D eigenvalue weighted by Gasteiger charge is 2.12. The first-order valence-corrected chi connectivity index (χ1v) is 8.96. The zero-order valence-corrected chi connectivity index (χ0v) is 16.5. The number of para-hydroxylation sites is 1. The molecule has 28 heavy (non-hydrogen) atoms. The summed E-state index contributed by atoms with van der Waals surface area (Å²) in [7, 11) is 3.43. The monoisotopic (exact) mass is 373 g/mol. The molecule has 0 bridgehead atoms. The van der Waals surface area contributed by atoms with Crippen molar-refractivity contribution in [3.63, 3.8) is 0 Å². The van der Waals surface area contributed by atoms with E-state index in [2.05, 4.69) is 22.3 Å². The van der Waals surface area contributed by atoms with Crippen LogP contribution in [0.4, 0.5) is 5.69 Å². The molecule has 5 heteroatoms. The molecular weight excluding hydrogens is 350 g/mol. The second-order valence-electron chi connectivity index (χ2n) is 6.94. The van der Waals surface area contributed by atoms with Gasteiger partial charge in [0.2, 0.25) is 0 Å². The number of carbonyl (C=O) groups is 1. The fraction of sp³-hybridized carbons (Fsp3) is 0.217. The molecule has 1 amide bonds. The van der Waals surface area contributed by atoms with Crippen LogP contribution in [0.3, 0.4) is 0 Å². The lowest BCUT2D eigenvalue weighted by Gasteiger charge is -2.14. The molecule has 1 N–H and O–H groups in total. The third-order valence-corrected chi connectivity index (χ3v) is 4.36. The predicted molar refractivity (Wildman–Crippen MR) is 111 cm³/mol. The number of rotatable bonds is 4. The first kappa shape index (κ1) is 19.4. The van der Waals surface area contributed by atoms with Crippen LogP contribution in [0.5, 0.6) is 0 Å². The van der Waals surface area contributed by atoms with Crippen molar-refractivity contribution in [1.29, 1.82) is 0 Å². The molecule has 0 radical (unpaired) electrons. The number of amides is 1. The number of nitrogens with one attached hydrogen (secondary N) is 1. The molecule has 0 saturated heterocycles. The minimum Gasteiger partial charge on any atom is -0.366 e. The molecule has 0 aliphatic rings. The number of hydrogen-bond donors (Lipinski definition) is 1. The highest BCUT2D eigenvalue weighted by molar-refractivity contribution is 6.06. The second-order valence-corrected chi connectivity index (χ2v) is 6.94. The maximum atomic E-state index is 12.5. The molecule has 3 rings (SSSR count). The molecule has 0 saturated carbocycles. The lowest BCUT2D eigenvalue weighted by molar-refractivity contribution is 0.0741. The van der Waals surface area contributed by atoms with Crippen molar-refractivity contribution < 1.29 is 9.53 Å². The smallest absolute Gasteiger partial charge is 0.258 e. The quantitative estimate of drug-likeness (QED) is 0.700. The Hall–Kier alpha value is -3.36. The van der Waals surface area contributed by atoms with Crippen LogP contribution in [0.1, 0.15) is 29.8 Å². The average Bonchev–Trinajstić information content (AvgIpc) is 3.14. The molecule has 142 valence electrons. The van der Waals surface area contributed by atoms with Crippen LogP contribution in [-0.4, -0.2) is 28.4 Å². The van der Waals surface area contributed by atoms with Crippen LogP contribution in [0.15, 0.2) is 60.9 Å². The van der Waals surface area contributed by atoms with E-state index < -0.39 is 5.60 Å². The van der Waals surface area contributed by atoms with Gasteiger partial charge in [-0.2, -0.15) is 5.10 Å². The number of hydrogen-bond acceptors (Lipinski definition) is 3. The van der Waals surface area contributed by atoms with Gasteiger partial charge < -0.3 is 10.1 Å². The van der Waals surface area contributed by atoms with Gasteiger partial charge in [-0.05, 0) is 37.6 Å². The first-order valence-electron chi connectivity index (χ1n) is 8.96.